The Hall–Kier alpha value is -1.66. The lowest BCUT2D eigenvalue weighted by molar-refractivity contribution is -0.385. The molecule has 0 fully saturated rings. The van der Waals surface area contributed by atoms with Crippen molar-refractivity contribution in [1.82, 2.24) is 0 Å². The molecule has 2 aromatic carbocycles. The molecule has 0 amide bonds. The Balaban J connectivity index is 2.40. The minimum atomic E-state index is -0.646. The van der Waals surface area contributed by atoms with Gasteiger partial charge in [0.05, 0.1) is 9.40 Å². The SMILES string of the molecule is O=[N+]([O-])c1c(Cl)cccc1Oc1ccc(Br)c(F)c1. The van der Waals surface area contributed by atoms with E-state index in [9.17, 15) is 14.5 Å². The summed E-state index contributed by atoms with van der Waals surface area (Å²) in [6.07, 6.45) is 0. The van der Waals surface area contributed by atoms with E-state index in [1.807, 2.05) is 0 Å². The summed E-state index contributed by atoms with van der Waals surface area (Å²) in [6, 6.07) is 8.34. The molecule has 98 valence electrons. The monoisotopic (exact) mass is 345 g/mol. The number of hydrogen-bond acceptors (Lipinski definition) is 3. The molecule has 0 N–H and O–H groups in total. The van der Waals surface area contributed by atoms with Crippen molar-refractivity contribution in [2.75, 3.05) is 0 Å². The van der Waals surface area contributed by atoms with E-state index in [0.29, 0.717) is 0 Å². The average molecular weight is 347 g/mol. The van der Waals surface area contributed by atoms with Gasteiger partial charge in [0.25, 0.3) is 0 Å². The molecule has 2 aromatic rings. The molecule has 7 heteroatoms. The highest BCUT2D eigenvalue weighted by Gasteiger charge is 2.20. The van der Waals surface area contributed by atoms with Crippen molar-refractivity contribution in [3.63, 3.8) is 0 Å². The zero-order valence-electron chi connectivity index (χ0n) is 9.27. The van der Waals surface area contributed by atoms with Crippen LogP contribution in [0.3, 0.4) is 0 Å². The van der Waals surface area contributed by atoms with Crippen molar-refractivity contribution in [2.24, 2.45) is 0 Å². The van der Waals surface area contributed by atoms with Crippen LogP contribution in [0.1, 0.15) is 0 Å². The van der Waals surface area contributed by atoms with Gasteiger partial charge in [-0.1, -0.05) is 17.7 Å². The zero-order valence-corrected chi connectivity index (χ0v) is 11.6. The molecule has 0 saturated heterocycles. The molecule has 0 aliphatic heterocycles. The molecule has 0 bridgehead atoms. The number of nitrogens with zero attached hydrogens (tertiary/aromatic N) is 1. The van der Waals surface area contributed by atoms with E-state index < -0.39 is 10.7 Å². The first-order chi connectivity index (χ1) is 8.99. The van der Waals surface area contributed by atoms with Gasteiger partial charge in [-0.2, -0.15) is 0 Å². The molecule has 0 unspecified atom stereocenters. The van der Waals surface area contributed by atoms with Crippen molar-refractivity contribution in [3.8, 4) is 11.5 Å². The van der Waals surface area contributed by atoms with Crippen molar-refractivity contribution in [3.05, 3.63) is 61.8 Å². The Morgan fingerprint density at radius 2 is 2.05 bits per heavy atom. The van der Waals surface area contributed by atoms with Gasteiger partial charge >= 0.3 is 5.69 Å². The lowest BCUT2D eigenvalue weighted by Gasteiger charge is -2.07. The van der Waals surface area contributed by atoms with Crippen LogP contribution >= 0.6 is 27.5 Å². The van der Waals surface area contributed by atoms with Gasteiger partial charge in [-0.05, 0) is 40.2 Å². The first-order valence-electron chi connectivity index (χ1n) is 5.05. The fraction of sp³-hybridized carbons (Fsp3) is 0. The van der Waals surface area contributed by atoms with Gasteiger partial charge in [0.2, 0.25) is 5.75 Å². The Bertz CT molecular complexity index is 651. The summed E-state index contributed by atoms with van der Waals surface area (Å²) in [7, 11) is 0. The number of benzene rings is 2. The van der Waals surface area contributed by atoms with Crippen LogP contribution < -0.4 is 4.74 Å². The summed E-state index contributed by atoms with van der Waals surface area (Å²) in [5.41, 5.74) is -0.354. The van der Waals surface area contributed by atoms with Crippen LogP contribution in [-0.4, -0.2) is 4.92 Å². The predicted octanol–water partition coefficient (Wildman–Crippen LogP) is 4.94. The van der Waals surface area contributed by atoms with Crippen LogP contribution in [0.15, 0.2) is 40.9 Å². The van der Waals surface area contributed by atoms with Crippen molar-refractivity contribution >= 4 is 33.2 Å². The molecule has 4 nitrogen and oxygen atoms in total. The number of nitro groups is 1. The normalized spacial score (nSPS) is 10.3. The molecule has 19 heavy (non-hydrogen) atoms. The van der Waals surface area contributed by atoms with Crippen LogP contribution in [0.25, 0.3) is 0 Å². The largest absolute Gasteiger partial charge is 0.450 e. The van der Waals surface area contributed by atoms with Crippen LogP contribution in [0.4, 0.5) is 10.1 Å². The van der Waals surface area contributed by atoms with E-state index in [0.717, 1.165) is 6.07 Å². The Morgan fingerprint density at radius 1 is 1.32 bits per heavy atom. The third-order valence-electron chi connectivity index (χ3n) is 2.25. The van der Waals surface area contributed by atoms with E-state index >= 15 is 0 Å². The van der Waals surface area contributed by atoms with Gasteiger partial charge in [0.15, 0.2) is 0 Å². The summed E-state index contributed by atoms with van der Waals surface area (Å²) in [5, 5.41) is 10.9. The first kappa shape index (κ1) is 13.8. The molecule has 2 rings (SSSR count). The van der Waals surface area contributed by atoms with Crippen LogP contribution in [0.2, 0.25) is 5.02 Å². The maximum Gasteiger partial charge on any atom is 0.329 e. The zero-order chi connectivity index (χ0) is 14.0. The maximum absolute atomic E-state index is 13.3. The predicted molar refractivity (Wildman–Crippen MR) is 72.3 cm³/mol. The smallest absolute Gasteiger partial charge is 0.329 e. The third-order valence-corrected chi connectivity index (χ3v) is 3.20. The molecule has 0 aliphatic rings. The topological polar surface area (TPSA) is 52.4 Å². The fourth-order valence-corrected chi connectivity index (χ4v) is 1.90. The highest BCUT2D eigenvalue weighted by Crippen LogP contribution is 2.37. The number of nitro benzene ring substituents is 1. The van der Waals surface area contributed by atoms with Crippen molar-refractivity contribution in [2.45, 2.75) is 0 Å². The Labute approximate surface area is 121 Å². The number of halogens is 3. The highest BCUT2D eigenvalue weighted by atomic mass is 79.9. The summed E-state index contributed by atoms with van der Waals surface area (Å²) < 4.78 is 18.9. The first-order valence-corrected chi connectivity index (χ1v) is 6.22. The summed E-state index contributed by atoms with van der Waals surface area (Å²) in [6.45, 7) is 0. The lowest BCUT2D eigenvalue weighted by Crippen LogP contribution is -1.94. The quantitative estimate of drug-likeness (QED) is 0.584. The van der Waals surface area contributed by atoms with Crippen LogP contribution in [0, 0.1) is 15.9 Å². The van der Waals surface area contributed by atoms with Crippen molar-refractivity contribution < 1.29 is 14.1 Å². The van der Waals surface area contributed by atoms with Crippen LogP contribution in [0.5, 0.6) is 11.5 Å². The minimum absolute atomic E-state index is 0.0416. The second-order valence-corrected chi connectivity index (χ2v) is 4.78. The maximum atomic E-state index is 13.3. The van der Waals surface area contributed by atoms with E-state index in [-0.39, 0.29) is 26.7 Å². The number of para-hydroxylation sites is 1. The molecular weight excluding hydrogens is 340 g/mol. The van der Waals surface area contributed by atoms with Gasteiger partial charge in [0.1, 0.15) is 16.6 Å². The van der Waals surface area contributed by atoms with Gasteiger partial charge in [-0.15, -0.1) is 0 Å². The number of hydrogen-bond donors (Lipinski definition) is 0. The Morgan fingerprint density at radius 3 is 2.68 bits per heavy atom. The van der Waals surface area contributed by atoms with E-state index in [1.165, 1.54) is 30.3 Å². The summed E-state index contributed by atoms with van der Waals surface area (Å²) in [5.74, 6) is -0.424. The van der Waals surface area contributed by atoms with E-state index in [4.69, 9.17) is 16.3 Å². The van der Waals surface area contributed by atoms with Gasteiger partial charge in [-0.25, -0.2) is 4.39 Å². The standard InChI is InChI=1S/C12H6BrClFNO3/c13-8-5-4-7(6-10(8)15)19-11-3-1-2-9(14)12(11)16(17)18/h1-6H. The molecule has 0 saturated carbocycles. The minimum Gasteiger partial charge on any atom is -0.450 e. The summed E-state index contributed by atoms with van der Waals surface area (Å²) in [4.78, 5) is 10.3. The molecular formula is C12H6BrClFNO3. The average Bonchev–Trinajstić information content (AvgIpc) is 2.33. The molecule has 0 aliphatic carbocycles. The van der Waals surface area contributed by atoms with Crippen LogP contribution in [-0.2, 0) is 0 Å². The van der Waals surface area contributed by atoms with Gasteiger partial charge in [-0.3, -0.25) is 10.1 Å². The van der Waals surface area contributed by atoms with E-state index in [1.54, 1.807) is 0 Å². The lowest BCUT2D eigenvalue weighted by atomic mass is 10.3. The van der Waals surface area contributed by atoms with Crippen molar-refractivity contribution in [1.29, 1.82) is 0 Å². The number of ether oxygens (including phenoxy) is 1. The molecule has 0 spiro atoms. The molecule has 0 heterocycles. The third kappa shape index (κ3) is 3.02. The van der Waals surface area contributed by atoms with Gasteiger partial charge < -0.3 is 4.74 Å². The Kier molecular flexibility index (Phi) is 4.01. The van der Waals surface area contributed by atoms with Gasteiger partial charge in [0, 0.05) is 6.07 Å². The van der Waals surface area contributed by atoms with E-state index in [2.05, 4.69) is 15.9 Å². The second kappa shape index (κ2) is 5.54. The summed E-state index contributed by atoms with van der Waals surface area (Å²) >= 11 is 8.75. The fourth-order valence-electron chi connectivity index (χ4n) is 1.42. The number of rotatable bonds is 3. The second-order valence-electron chi connectivity index (χ2n) is 3.52. The molecule has 0 atom stereocenters. The molecule has 0 aromatic heterocycles. The molecule has 0 radical (unpaired) electrons. The highest BCUT2D eigenvalue weighted by molar-refractivity contribution is 9.10.